The van der Waals surface area contributed by atoms with Gasteiger partial charge in [0.25, 0.3) is 0 Å². The molecular weight excluding hydrogens is 548 g/mol. The Morgan fingerprint density at radius 3 is 2.09 bits per heavy atom. The first-order valence-corrected chi connectivity index (χ1v) is 16.3. The van der Waals surface area contributed by atoms with Gasteiger partial charge in [-0.25, -0.2) is 0 Å². The van der Waals surface area contributed by atoms with E-state index in [4.69, 9.17) is 14.6 Å². The molecule has 3 N–H and O–H groups in total. The van der Waals surface area contributed by atoms with Crippen LogP contribution < -0.4 is 0 Å². The van der Waals surface area contributed by atoms with Crippen molar-refractivity contribution >= 4 is 17.9 Å². The quantitative estimate of drug-likeness (QED) is 0.173. The van der Waals surface area contributed by atoms with Gasteiger partial charge in [0.15, 0.2) is 0 Å². The second-order valence-electron chi connectivity index (χ2n) is 16.6. The second kappa shape index (κ2) is 11.1. The minimum Gasteiger partial charge on any atom is -0.481 e. The van der Waals surface area contributed by atoms with E-state index in [1.54, 1.807) is 19.9 Å². The van der Waals surface area contributed by atoms with E-state index in [1.807, 2.05) is 13.0 Å². The van der Waals surface area contributed by atoms with Crippen molar-refractivity contribution in [1.29, 1.82) is 0 Å². The lowest BCUT2D eigenvalue weighted by Gasteiger charge is -2.70. The van der Waals surface area contributed by atoms with Crippen LogP contribution in [0.1, 0.15) is 120 Å². The van der Waals surface area contributed by atoms with Crippen LogP contribution in [0.3, 0.4) is 0 Å². The Bertz CT molecular complexity index is 1130. The maximum atomic E-state index is 12.6. The summed E-state index contributed by atoms with van der Waals surface area (Å²) >= 11 is 0. The number of carbonyl (C=O) groups is 3. The number of carboxylic acid groups (broad SMARTS) is 1. The summed E-state index contributed by atoms with van der Waals surface area (Å²) in [6.45, 7) is 18.3. The van der Waals surface area contributed by atoms with Gasteiger partial charge in [-0.15, -0.1) is 0 Å². The molecule has 0 heterocycles. The van der Waals surface area contributed by atoms with E-state index in [1.165, 1.54) is 6.92 Å². The molecular formula is C35H56O8. The van der Waals surface area contributed by atoms with Crippen molar-refractivity contribution in [1.82, 2.24) is 0 Å². The molecule has 4 aliphatic carbocycles. The van der Waals surface area contributed by atoms with Crippen LogP contribution in [0.4, 0.5) is 0 Å². The van der Waals surface area contributed by atoms with E-state index in [-0.39, 0.29) is 63.5 Å². The predicted molar refractivity (Wildman–Crippen MR) is 163 cm³/mol. The van der Waals surface area contributed by atoms with Crippen molar-refractivity contribution in [2.75, 3.05) is 0 Å². The maximum Gasteiger partial charge on any atom is 0.317 e. The van der Waals surface area contributed by atoms with Gasteiger partial charge < -0.3 is 24.8 Å². The number of rotatable bonds is 8. The molecule has 4 rings (SSSR count). The lowest BCUT2D eigenvalue weighted by molar-refractivity contribution is -0.252. The third kappa shape index (κ3) is 5.92. The number of esters is 2. The summed E-state index contributed by atoms with van der Waals surface area (Å²) in [4.78, 5) is 36.1. The fourth-order valence-electron chi connectivity index (χ4n) is 11.0. The molecule has 0 aromatic carbocycles. The monoisotopic (exact) mass is 604 g/mol. The van der Waals surface area contributed by atoms with Crippen molar-refractivity contribution in [2.24, 2.45) is 45.3 Å². The second-order valence-corrected chi connectivity index (χ2v) is 16.6. The zero-order chi connectivity index (χ0) is 32.4. The van der Waals surface area contributed by atoms with Gasteiger partial charge in [0.2, 0.25) is 0 Å². The molecule has 0 saturated heterocycles. The summed E-state index contributed by atoms with van der Waals surface area (Å²) in [5.41, 5.74) is -2.61. The van der Waals surface area contributed by atoms with Gasteiger partial charge in [-0.3, -0.25) is 14.4 Å². The molecule has 0 aromatic rings. The molecule has 0 aromatic heterocycles. The number of aliphatic carboxylic acids is 1. The highest BCUT2D eigenvalue weighted by Gasteiger charge is 2.72. The van der Waals surface area contributed by atoms with Crippen LogP contribution in [-0.4, -0.2) is 56.6 Å². The van der Waals surface area contributed by atoms with Crippen LogP contribution in [0.15, 0.2) is 12.2 Å². The lowest BCUT2D eigenvalue weighted by Crippen LogP contribution is -2.67. The van der Waals surface area contributed by atoms with E-state index in [9.17, 15) is 24.6 Å². The largest absolute Gasteiger partial charge is 0.481 e. The summed E-state index contributed by atoms with van der Waals surface area (Å²) in [6, 6.07) is 0. The first-order valence-electron chi connectivity index (χ1n) is 16.3. The van der Waals surface area contributed by atoms with Crippen molar-refractivity contribution in [2.45, 2.75) is 144 Å². The van der Waals surface area contributed by atoms with E-state index in [2.05, 4.69) is 34.6 Å². The number of hydrogen-bond acceptors (Lipinski definition) is 7. The Balaban J connectivity index is 1.68. The molecule has 4 saturated carbocycles. The van der Waals surface area contributed by atoms with Gasteiger partial charge in [0, 0.05) is 18.3 Å². The number of aliphatic hydroxyl groups is 2. The van der Waals surface area contributed by atoms with Gasteiger partial charge in [0.1, 0.15) is 18.6 Å². The number of hydrogen-bond donors (Lipinski definition) is 3. The Hall–Kier alpha value is -1.93. The fourth-order valence-corrected chi connectivity index (χ4v) is 11.0. The Morgan fingerprint density at radius 1 is 0.884 bits per heavy atom. The summed E-state index contributed by atoms with van der Waals surface area (Å²) in [5.74, 6) is -1.70. The van der Waals surface area contributed by atoms with Crippen LogP contribution in [0.2, 0.25) is 0 Å². The Kier molecular flexibility index (Phi) is 8.80. The summed E-state index contributed by atoms with van der Waals surface area (Å²) in [7, 11) is 0. The van der Waals surface area contributed by atoms with Crippen LogP contribution in [0.5, 0.6) is 0 Å². The number of ether oxygens (including phenoxy) is 2. The fraction of sp³-hybridized carbons (Fsp3) is 0.857. The first-order chi connectivity index (χ1) is 19.6. The molecule has 4 aliphatic rings. The van der Waals surface area contributed by atoms with Crippen molar-refractivity contribution < 1.29 is 39.2 Å². The normalized spacial score (nSPS) is 41.8. The molecule has 10 unspecified atom stereocenters. The van der Waals surface area contributed by atoms with Crippen molar-refractivity contribution in [3.8, 4) is 0 Å². The molecule has 4 fully saturated rings. The molecule has 0 amide bonds. The molecule has 244 valence electrons. The van der Waals surface area contributed by atoms with Crippen LogP contribution in [-0.2, 0) is 23.9 Å². The topological polar surface area (TPSA) is 130 Å². The maximum absolute atomic E-state index is 12.6. The molecule has 8 heteroatoms. The molecule has 10 atom stereocenters. The number of carboxylic acids is 1. The molecule has 0 bridgehead atoms. The standard InChI is InChI=1S/C35H56O8/c1-21(36)42-23-19-25-32(6)16-13-26(43-28(39)20-27(37)38)31(4,5)24(32)12-18-33(25,7)34(8)17-11-22(29(23)34)35(9,41)15-10-14-30(2,3)40/h10,14,22-26,29,40-41H,11-13,15-20H2,1-9H3,(H,37,38). The van der Waals surface area contributed by atoms with E-state index < -0.39 is 29.6 Å². The molecule has 0 aliphatic heterocycles. The minimum absolute atomic E-state index is 0.00431. The van der Waals surface area contributed by atoms with E-state index >= 15 is 0 Å². The minimum atomic E-state index is -1.18. The highest BCUT2D eigenvalue weighted by molar-refractivity contribution is 5.90. The zero-order valence-corrected chi connectivity index (χ0v) is 27.9. The molecule has 0 spiro atoms. The first kappa shape index (κ1) is 34.0. The zero-order valence-electron chi connectivity index (χ0n) is 27.9. The Labute approximate surface area is 258 Å². The van der Waals surface area contributed by atoms with Gasteiger partial charge in [-0.1, -0.05) is 46.8 Å². The van der Waals surface area contributed by atoms with Crippen molar-refractivity contribution in [3.05, 3.63) is 12.2 Å². The smallest absolute Gasteiger partial charge is 0.317 e. The number of carbonyl (C=O) groups excluding carboxylic acids is 2. The average molecular weight is 605 g/mol. The average Bonchev–Trinajstić information content (AvgIpc) is 3.21. The summed E-state index contributed by atoms with van der Waals surface area (Å²) in [5, 5.41) is 31.2. The van der Waals surface area contributed by atoms with Crippen LogP contribution >= 0.6 is 0 Å². The SMILES string of the molecule is CC(=O)OC1CC2C3(C)CCC(OC(=O)CC(=O)O)C(C)(C)C3CCC2(C)C2(C)CCC(C(C)(O)CC=CC(C)(C)O)C12. The predicted octanol–water partition coefficient (Wildman–Crippen LogP) is 6.07. The van der Waals surface area contributed by atoms with Crippen LogP contribution in [0, 0.1) is 45.3 Å². The lowest BCUT2D eigenvalue weighted by atomic mass is 9.35. The van der Waals surface area contributed by atoms with Crippen molar-refractivity contribution in [3.63, 3.8) is 0 Å². The third-order valence-corrected chi connectivity index (χ3v) is 13.0. The van der Waals surface area contributed by atoms with Gasteiger partial charge in [0.05, 0.1) is 11.2 Å². The van der Waals surface area contributed by atoms with Gasteiger partial charge in [-0.2, -0.15) is 0 Å². The van der Waals surface area contributed by atoms with Gasteiger partial charge >= 0.3 is 17.9 Å². The van der Waals surface area contributed by atoms with E-state index in [0.29, 0.717) is 12.8 Å². The molecule has 0 radical (unpaired) electrons. The van der Waals surface area contributed by atoms with E-state index in [0.717, 1.165) is 38.5 Å². The third-order valence-electron chi connectivity index (χ3n) is 13.0. The molecule has 8 nitrogen and oxygen atoms in total. The summed E-state index contributed by atoms with van der Waals surface area (Å²) in [6.07, 6.45) is 8.73. The highest BCUT2D eigenvalue weighted by Crippen LogP contribution is 2.76. The highest BCUT2D eigenvalue weighted by atomic mass is 16.5. The number of fused-ring (bicyclic) bond motifs is 5. The summed E-state index contributed by atoms with van der Waals surface area (Å²) < 4.78 is 12.0. The molecule has 43 heavy (non-hydrogen) atoms. The Morgan fingerprint density at radius 2 is 1.51 bits per heavy atom. The van der Waals surface area contributed by atoms with Crippen LogP contribution in [0.25, 0.3) is 0 Å². The van der Waals surface area contributed by atoms with Gasteiger partial charge in [-0.05, 0) is 106 Å².